The lowest BCUT2D eigenvalue weighted by atomic mass is 10.6. The van der Waals surface area contributed by atoms with Gasteiger partial charge in [0.1, 0.15) is 0 Å². The van der Waals surface area contributed by atoms with Crippen molar-refractivity contribution in [3.63, 3.8) is 0 Å². The lowest BCUT2D eigenvalue weighted by Gasteiger charge is -1.92. The molecule has 0 fully saturated rings. The molecule has 0 spiro atoms. The van der Waals surface area contributed by atoms with Gasteiger partial charge in [-0.3, -0.25) is 0 Å². The maximum absolute atomic E-state index is 2.28. The topological polar surface area (TPSA) is 0 Å². The van der Waals surface area contributed by atoms with E-state index in [1.54, 1.807) is 0 Å². The Hall–Kier alpha value is 0.651. The van der Waals surface area contributed by atoms with Crippen LogP contribution in [0.2, 0.25) is 12.1 Å². The summed E-state index contributed by atoms with van der Waals surface area (Å²) in [6.45, 7) is 4.56. The maximum Gasteiger partial charge on any atom is 0.0183 e. The highest BCUT2D eigenvalue weighted by atomic mass is 29.5. The van der Waals surface area contributed by atoms with Gasteiger partial charge in [0.15, 0.2) is 0 Å². The predicted octanol–water partition coefficient (Wildman–Crippen LogP) is 1.59. The second-order valence-electron chi connectivity index (χ2n) is 1.98. The Morgan fingerprint density at radius 3 is 1.67 bits per heavy atom. The van der Waals surface area contributed by atoms with E-state index in [1.165, 1.54) is 51.6 Å². The van der Waals surface area contributed by atoms with Crippen LogP contribution in [0.4, 0.5) is 0 Å². The highest BCUT2D eigenvalue weighted by Gasteiger charge is 1.89. The molecule has 0 aromatic carbocycles. The fourth-order valence-electron chi connectivity index (χ4n) is 0.437. The van der Waals surface area contributed by atoms with Crippen LogP contribution in [0.15, 0.2) is 0 Å². The van der Waals surface area contributed by atoms with Crippen LogP contribution in [0.5, 0.6) is 0 Å². The average molecular weight is 170 g/mol. The van der Waals surface area contributed by atoms with Crippen molar-refractivity contribution in [2.75, 3.05) is 0 Å². The number of hydrogen-bond acceptors (Lipinski definition) is 0. The van der Waals surface area contributed by atoms with Gasteiger partial charge in [-0.05, 0) is 0 Å². The molecule has 0 N–H and O–H groups in total. The zero-order valence-electron chi connectivity index (χ0n) is 6.33. The minimum Gasteiger partial charge on any atom is -0.0657 e. The summed E-state index contributed by atoms with van der Waals surface area (Å²) in [6.07, 6.45) is 2.78. The van der Waals surface area contributed by atoms with Crippen LogP contribution in [0.25, 0.3) is 0 Å². The van der Waals surface area contributed by atoms with Crippen molar-refractivity contribution in [2.24, 2.45) is 0 Å². The predicted molar refractivity (Wildman–Crippen MR) is 47.5 cm³/mol. The molecule has 0 amide bonds. The summed E-state index contributed by atoms with van der Waals surface area (Å²) in [4.78, 5) is 0. The van der Waals surface area contributed by atoms with E-state index in [4.69, 9.17) is 0 Å². The van der Waals surface area contributed by atoms with E-state index in [0.29, 0.717) is 0 Å². The summed E-state index contributed by atoms with van der Waals surface area (Å²) in [5.74, 6) is 0. The van der Waals surface area contributed by atoms with Crippen LogP contribution in [-0.4, -0.2) is 26.6 Å². The van der Waals surface area contributed by atoms with E-state index in [-0.39, 0.29) is 0 Å². The molecule has 3 heteroatoms. The largest absolute Gasteiger partial charge is 0.0657 e. The normalized spacial score (nSPS) is 10.0. The van der Waals surface area contributed by atoms with Crippen molar-refractivity contribution in [1.82, 2.24) is 0 Å². The first kappa shape index (κ1) is 9.65. The van der Waals surface area contributed by atoms with E-state index >= 15 is 0 Å². The second-order valence-corrected chi connectivity index (χ2v) is 9.06. The molecule has 0 saturated carbocycles. The summed E-state index contributed by atoms with van der Waals surface area (Å²) < 4.78 is 0. The van der Waals surface area contributed by atoms with Gasteiger partial charge < -0.3 is 0 Å². The van der Waals surface area contributed by atoms with Gasteiger partial charge in [-0.1, -0.05) is 38.8 Å². The fourth-order valence-corrected chi connectivity index (χ4v) is 7.31. The summed E-state index contributed by atoms with van der Waals surface area (Å²) in [6, 6.07) is 2.96. The molecule has 0 nitrogen and oxygen atoms in total. The first-order valence-corrected chi connectivity index (χ1v) is 9.04. The van der Waals surface area contributed by atoms with Gasteiger partial charge in [0.05, 0.1) is 0 Å². The Kier molecular flexibility index (Phi) is 9.28. The molecule has 0 rings (SSSR count). The molecule has 0 unspecified atom stereocenters. The van der Waals surface area contributed by atoms with Gasteiger partial charge in [-0.15, -0.1) is 0 Å². The van der Waals surface area contributed by atoms with E-state index in [9.17, 15) is 0 Å². The number of rotatable bonds is 6. The minimum absolute atomic E-state index is 1.28. The Balaban J connectivity index is 2.60. The van der Waals surface area contributed by atoms with Crippen LogP contribution in [-0.2, 0) is 0 Å². The van der Waals surface area contributed by atoms with Crippen molar-refractivity contribution >= 4 is 26.6 Å². The van der Waals surface area contributed by atoms with Gasteiger partial charge in [0.2, 0.25) is 0 Å². The molecule has 0 aromatic heterocycles. The van der Waals surface area contributed by atoms with Crippen LogP contribution in [0.1, 0.15) is 26.7 Å². The molecule has 0 aliphatic rings. The molecular weight excluding hydrogens is 156 g/mol. The smallest absolute Gasteiger partial charge is 0.0183 e. The van der Waals surface area contributed by atoms with Gasteiger partial charge in [-0.2, -0.15) is 0 Å². The first-order chi connectivity index (χ1) is 4.41. The molecule has 0 heterocycles. The number of hydrogen-bond donors (Lipinski definition) is 0. The molecule has 0 bridgehead atoms. The van der Waals surface area contributed by atoms with Crippen molar-refractivity contribution in [3.8, 4) is 0 Å². The molecule has 0 saturated heterocycles. The average Bonchev–Trinajstić information content (AvgIpc) is 1.89. The summed E-state index contributed by atoms with van der Waals surface area (Å²) in [7, 11) is 3.87. The highest BCUT2D eigenvalue weighted by molar-refractivity contribution is 7.29. The third kappa shape index (κ3) is 8.65. The quantitative estimate of drug-likeness (QED) is 0.419. The van der Waals surface area contributed by atoms with E-state index in [0.717, 1.165) is 0 Å². The third-order valence-corrected chi connectivity index (χ3v) is 8.52. The molecule has 9 heavy (non-hydrogen) atoms. The SMILES string of the molecule is CCC[Si][Si][Si]CCC. The molecule has 0 aliphatic heterocycles. The van der Waals surface area contributed by atoms with Crippen LogP contribution in [0.3, 0.4) is 0 Å². The zero-order chi connectivity index (χ0) is 6.95. The highest BCUT2D eigenvalue weighted by Crippen LogP contribution is 1.86. The van der Waals surface area contributed by atoms with Gasteiger partial charge in [0.25, 0.3) is 0 Å². The maximum atomic E-state index is 2.28. The standard InChI is InChI=1S/C6H14Si3/c1-3-5-7-9-8-6-4-2/h3-6H2,1-2H3. The van der Waals surface area contributed by atoms with E-state index in [1.807, 2.05) is 0 Å². The molecule has 6 radical (unpaired) electrons. The summed E-state index contributed by atoms with van der Waals surface area (Å²) in [5.41, 5.74) is 0. The van der Waals surface area contributed by atoms with Crippen molar-refractivity contribution in [1.29, 1.82) is 0 Å². The molecule has 0 aromatic rings. The third-order valence-electron chi connectivity index (χ3n) is 0.927. The monoisotopic (exact) mass is 170 g/mol. The molecule has 0 aliphatic carbocycles. The van der Waals surface area contributed by atoms with Crippen LogP contribution < -0.4 is 0 Å². The van der Waals surface area contributed by atoms with E-state index in [2.05, 4.69) is 13.8 Å². The Morgan fingerprint density at radius 1 is 0.889 bits per heavy atom. The summed E-state index contributed by atoms with van der Waals surface area (Å²) in [5, 5.41) is 0. The van der Waals surface area contributed by atoms with Crippen LogP contribution in [0, 0.1) is 0 Å². The molecule has 0 atom stereocenters. The second kappa shape index (κ2) is 8.65. The summed E-state index contributed by atoms with van der Waals surface area (Å²) >= 11 is 0. The van der Waals surface area contributed by atoms with Gasteiger partial charge in [-0.25, -0.2) is 0 Å². The van der Waals surface area contributed by atoms with Crippen molar-refractivity contribution in [3.05, 3.63) is 0 Å². The minimum atomic E-state index is 1.28. The first-order valence-electron chi connectivity index (χ1n) is 3.62. The molecular formula is C6H14Si3. The van der Waals surface area contributed by atoms with Gasteiger partial charge in [0, 0.05) is 26.6 Å². The Bertz CT molecular complexity index is 41.6. The van der Waals surface area contributed by atoms with Crippen molar-refractivity contribution < 1.29 is 0 Å². The zero-order valence-corrected chi connectivity index (χ0v) is 9.33. The van der Waals surface area contributed by atoms with Gasteiger partial charge >= 0.3 is 0 Å². The lowest BCUT2D eigenvalue weighted by molar-refractivity contribution is 1.08. The van der Waals surface area contributed by atoms with Crippen LogP contribution >= 0.6 is 0 Å². The lowest BCUT2D eigenvalue weighted by Crippen LogP contribution is -2.11. The Labute approximate surface area is 65.9 Å². The van der Waals surface area contributed by atoms with E-state index < -0.39 is 0 Å². The Morgan fingerprint density at radius 2 is 1.33 bits per heavy atom. The molecule has 50 valence electrons. The fraction of sp³-hybridized carbons (Fsp3) is 1.00. The van der Waals surface area contributed by atoms with Crippen molar-refractivity contribution in [2.45, 2.75) is 38.8 Å².